The van der Waals surface area contributed by atoms with Gasteiger partial charge in [0, 0.05) is 43.6 Å². The van der Waals surface area contributed by atoms with E-state index < -0.39 is 0 Å². The van der Waals surface area contributed by atoms with Crippen molar-refractivity contribution in [2.24, 2.45) is 5.92 Å². The van der Waals surface area contributed by atoms with Crippen LogP contribution >= 0.6 is 0 Å². The van der Waals surface area contributed by atoms with Gasteiger partial charge in [0.2, 0.25) is 0 Å². The van der Waals surface area contributed by atoms with Crippen LogP contribution in [0.3, 0.4) is 0 Å². The van der Waals surface area contributed by atoms with Crippen LogP contribution in [0.15, 0.2) is 18.5 Å². The Labute approximate surface area is 123 Å². The van der Waals surface area contributed by atoms with E-state index in [1.807, 2.05) is 12.4 Å². The molecule has 1 aliphatic heterocycles. The second-order valence-electron chi connectivity index (χ2n) is 6.88. The quantitative estimate of drug-likeness (QED) is 0.915. The molecule has 1 aliphatic rings. The number of hydrogen-bond donors (Lipinski definition) is 1. The molecule has 0 radical (unpaired) electrons. The van der Waals surface area contributed by atoms with Crippen LogP contribution < -0.4 is 5.32 Å². The van der Waals surface area contributed by atoms with Gasteiger partial charge in [0.25, 0.3) is 0 Å². The fourth-order valence-corrected chi connectivity index (χ4v) is 3.11. The third-order valence-electron chi connectivity index (χ3n) is 4.63. The van der Waals surface area contributed by atoms with E-state index in [1.165, 1.54) is 17.5 Å². The van der Waals surface area contributed by atoms with Crippen LogP contribution in [0, 0.1) is 12.8 Å². The van der Waals surface area contributed by atoms with E-state index in [2.05, 4.69) is 55.9 Å². The number of hydrogen-bond acceptors (Lipinski definition) is 3. The molecule has 1 fully saturated rings. The molecular formula is C17H29N3. The van der Waals surface area contributed by atoms with Gasteiger partial charge >= 0.3 is 0 Å². The minimum atomic E-state index is 0.239. The number of pyridine rings is 1. The molecule has 0 amide bonds. The predicted molar refractivity (Wildman–Crippen MR) is 84.7 cm³/mol. The lowest BCUT2D eigenvalue weighted by atomic mass is 9.89. The predicted octanol–water partition coefficient (Wildman–Crippen LogP) is 2.99. The Balaban J connectivity index is 2.15. The van der Waals surface area contributed by atoms with Crippen LogP contribution in [0.1, 0.15) is 45.2 Å². The third kappa shape index (κ3) is 3.58. The summed E-state index contributed by atoms with van der Waals surface area (Å²) in [4.78, 5) is 6.97. The summed E-state index contributed by atoms with van der Waals surface area (Å²) in [6.07, 6.45) is 5.10. The fraction of sp³-hybridized carbons (Fsp3) is 0.706. The first-order valence-corrected chi connectivity index (χ1v) is 7.83. The van der Waals surface area contributed by atoms with E-state index in [4.69, 9.17) is 0 Å². The smallest absolute Gasteiger partial charge is 0.0313 e. The molecule has 0 saturated carbocycles. The van der Waals surface area contributed by atoms with Crippen LogP contribution in [-0.4, -0.2) is 34.6 Å². The van der Waals surface area contributed by atoms with E-state index in [-0.39, 0.29) is 5.54 Å². The molecular weight excluding hydrogens is 246 g/mol. The van der Waals surface area contributed by atoms with E-state index in [0.29, 0.717) is 12.0 Å². The zero-order chi connectivity index (χ0) is 14.8. The van der Waals surface area contributed by atoms with Crippen LogP contribution in [0.2, 0.25) is 0 Å². The van der Waals surface area contributed by atoms with E-state index in [9.17, 15) is 0 Å². The van der Waals surface area contributed by atoms with Gasteiger partial charge in [0.1, 0.15) is 0 Å². The largest absolute Gasteiger partial charge is 0.309 e. The van der Waals surface area contributed by atoms with Gasteiger partial charge in [-0.1, -0.05) is 26.8 Å². The minimum absolute atomic E-state index is 0.239. The number of rotatable bonds is 4. The first-order valence-electron chi connectivity index (χ1n) is 7.83. The highest BCUT2D eigenvalue weighted by atomic mass is 15.3. The second kappa shape index (κ2) is 6.23. The highest BCUT2D eigenvalue weighted by molar-refractivity contribution is 5.17. The van der Waals surface area contributed by atoms with Gasteiger partial charge in [0.05, 0.1) is 0 Å². The molecule has 0 spiro atoms. The van der Waals surface area contributed by atoms with Crippen LogP contribution in [0.5, 0.6) is 0 Å². The third-order valence-corrected chi connectivity index (χ3v) is 4.63. The standard InChI is InChI=1S/C17H29N3/c1-6-17(5)12-20(16(10-19-17)13(2)3)11-15-7-14(4)8-18-9-15/h7-9,13,16,19H,6,10-12H2,1-5H3. The summed E-state index contributed by atoms with van der Waals surface area (Å²) in [5.74, 6) is 0.668. The molecule has 112 valence electrons. The average Bonchev–Trinajstić information content (AvgIpc) is 2.38. The van der Waals surface area contributed by atoms with Gasteiger partial charge in [-0.25, -0.2) is 0 Å². The summed E-state index contributed by atoms with van der Waals surface area (Å²) in [6.45, 7) is 14.6. The zero-order valence-corrected chi connectivity index (χ0v) is 13.6. The number of nitrogens with one attached hydrogen (secondary N) is 1. The molecule has 0 aromatic carbocycles. The monoisotopic (exact) mass is 275 g/mol. The lowest BCUT2D eigenvalue weighted by Crippen LogP contribution is -2.63. The first kappa shape index (κ1) is 15.5. The highest BCUT2D eigenvalue weighted by Gasteiger charge is 2.35. The Bertz CT molecular complexity index is 444. The van der Waals surface area contributed by atoms with Crippen molar-refractivity contribution in [3.8, 4) is 0 Å². The normalized spacial score (nSPS) is 28.0. The molecule has 2 unspecified atom stereocenters. The summed E-state index contributed by atoms with van der Waals surface area (Å²) in [6, 6.07) is 2.87. The lowest BCUT2D eigenvalue weighted by Gasteiger charge is -2.47. The summed E-state index contributed by atoms with van der Waals surface area (Å²) in [5.41, 5.74) is 2.82. The Morgan fingerprint density at radius 3 is 2.80 bits per heavy atom. The van der Waals surface area contributed by atoms with E-state index in [1.54, 1.807) is 0 Å². The van der Waals surface area contributed by atoms with E-state index >= 15 is 0 Å². The van der Waals surface area contributed by atoms with Crippen molar-refractivity contribution in [1.29, 1.82) is 0 Å². The maximum Gasteiger partial charge on any atom is 0.0313 e. The topological polar surface area (TPSA) is 28.2 Å². The van der Waals surface area contributed by atoms with Crippen molar-refractivity contribution in [2.75, 3.05) is 13.1 Å². The maximum absolute atomic E-state index is 4.33. The van der Waals surface area contributed by atoms with Gasteiger partial charge in [0.15, 0.2) is 0 Å². The number of aryl methyl sites for hydroxylation is 1. The summed E-state index contributed by atoms with van der Waals surface area (Å²) >= 11 is 0. The van der Waals surface area contributed by atoms with Crippen molar-refractivity contribution in [2.45, 2.75) is 59.2 Å². The van der Waals surface area contributed by atoms with Crippen molar-refractivity contribution < 1.29 is 0 Å². The molecule has 1 saturated heterocycles. The molecule has 2 atom stereocenters. The molecule has 1 N–H and O–H groups in total. The highest BCUT2D eigenvalue weighted by Crippen LogP contribution is 2.24. The van der Waals surface area contributed by atoms with Crippen molar-refractivity contribution >= 4 is 0 Å². The Kier molecular flexibility index (Phi) is 4.82. The summed E-state index contributed by atoms with van der Waals surface area (Å²) in [5, 5.41) is 3.75. The number of aromatic nitrogens is 1. The molecule has 0 bridgehead atoms. The SMILES string of the molecule is CCC1(C)CN(Cc2cncc(C)c2)C(C(C)C)CN1. The Morgan fingerprint density at radius 1 is 1.45 bits per heavy atom. The Hall–Kier alpha value is -0.930. The van der Waals surface area contributed by atoms with Gasteiger partial charge in [-0.2, -0.15) is 0 Å². The summed E-state index contributed by atoms with van der Waals surface area (Å²) < 4.78 is 0. The van der Waals surface area contributed by atoms with Crippen LogP contribution in [0.4, 0.5) is 0 Å². The maximum atomic E-state index is 4.33. The molecule has 1 aromatic rings. The van der Waals surface area contributed by atoms with E-state index in [0.717, 1.165) is 19.6 Å². The average molecular weight is 275 g/mol. The molecule has 3 heteroatoms. The van der Waals surface area contributed by atoms with Gasteiger partial charge in [-0.15, -0.1) is 0 Å². The van der Waals surface area contributed by atoms with Crippen molar-refractivity contribution in [1.82, 2.24) is 15.2 Å². The lowest BCUT2D eigenvalue weighted by molar-refractivity contribution is 0.0538. The van der Waals surface area contributed by atoms with Gasteiger partial charge < -0.3 is 5.32 Å². The van der Waals surface area contributed by atoms with Crippen molar-refractivity contribution in [3.63, 3.8) is 0 Å². The van der Waals surface area contributed by atoms with Gasteiger partial charge in [-0.05, 0) is 37.3 Å². The second-order valence-corrected chi connectivity index (χ2v) is 6.88. The zero-order valence-electron chi connectivity index (χ0n) is 13.6. The molecule has 0 aliphatic carbocycles. The fourth-order valence-electron chi connectivity index (χ4n) is 3.11. The van der Waals surface area contributed by atoms with Crippen LogP contribution in [0.25, 0.3) is 0 Å². The summed E-state index contributed by atoms with van der Waals surface area (Å²) in [7, 11) is 0. The van der Waals surface area contributed by atoms with Crippen LogP contribution in [-0.2, 0) is 6.54 Å². The minimum Gasteiger partial charge on any atom is -0.309 e. The Morgan fingerprint density at radius 2 is 2.20 bits per heavy atom. The first-order chi connectivity index (χ1) is 9.43. The van der Waals surface area contributed by atoms with Gasteiger partial charge in [-0.3, -0.25) is 9.88 Å². The molecule has 3 nitrogen and oxygen atoms in total. The molecule has 2 rings (SSSR count). The molecule has 2 heterocycles. The number of nitrogens with zero attached hydrogens (tertiary/aromatic N) is 2. The number of piperazine rings is 1. The molecule has 1 aromatic heterocycles. The molecule has 20 heavy (non-hydrogen) atoms. The van der Waals surface area contributed by atoms with Crippen molar-refractivity contribution in [3.05, 3.63) is 29.6 Å².